The number of sulfonamides is 1. The van der Waals surface area contributed by atoms with Gasteiger partial charge < -0.3 is 15.0 Å². The first-order valence-electron chi connectivity index (χ1n) is 11.5. The third kappa shape index (κ3) is 7.95. The molecule has 0 radical (unpaired) electrons. The van der Waals surface area contributed by atoms with E-state index in [0.29, 0.717) is 18.8 Å². The third-order valence-electron chi connectivity index (χ3n) is 5.58. The summed E-state index contributed by atoms with van der Waals surface area (Å²) in [7, 11) is -3.85. The molecule has 0 saturated carbocycles. The number of rotatable bonds is 12. The zero-order valence-electron chi connectivity index (χ0n) is 20.8. The fourth-order valence-electron chi connectivity index (χ4n) is 3.35. The van der Waals surface area contributed by atoms with Gasteiger partial charge in [-0.1, -0.05) is 25.1 Å². The second-order valence-electron chi connectivity index (χ2n) is 8.30. The molecule has 10 heteroatoms. The van der Waals surface area contributed by atoms with E-state index in [2.05, 4.69) is 5.32 Å². The van der Waals surface area contributed by atoms with E-state index in [4.69, 9.17) is 4.74 Å². The predicted octanol–water partition coefficient (Wildman–Crippen LogP) is 3.32. The fourth-order valence-corrected chi connectivity index (χ4v) is 4.20. The Kier molecular flexibility index (Phi) is 10.1. The number of hydrogen-bond acceptors (Lipinski definition) is 5. The summed E-state index contributed by atoms with van der Waals surface area (Å²) >= 11 is 0. The van der Waals surface area contributed by atoms with Gasteiger partial charge in [0.2, 0.25) is 21.8 Å². The van der Waals surface area contributed by atoms with Crippen LogP contribution in [0.3, 0.4) is 0 Å². The first-order valence-corrected chi connectivity index (χ1v) is 13.4. The Morgan fingerprint density at radius 2 is 1.69 bits per heavy atom. The van der Waals surface area contributed by atoms with Gasteiger partial charge in [-0.3, -0.25) is 13.9 Å². The monoisotopic (exact) mass is 507 g/mol. The summed E-state index contributed by atoms with van der Waals surface area (Å²) in [5, 5.41) is 2.83. The van der Waals surface area contributed by atoms with E-state index in [1.165, 1.54) is 30.0 Å². The van der Waals surface area contributed by atoms with Crippen molar-refractivity contribution in [2.75, 3.05) is 23.7 Å². The van der Waals surface area contributed by atoms with Crippen molar-refractivity contribution in [3.63, 3.8) is 0 Å². The molecule has 0 spiro atoms. The van der Waals surface area contributed by atoms with E-state index in [0.717, 1.165) is 10.6 Å². The molecule has 0 unspecified atom stereocenters. The molecular weight excluding hydrogens is 473 g/mol. The van der Waals surface area contributed by atoms with Crippen LogP contribution in [0, 0.1) is 5.82 Å². The average Bonchev–Trinajstić information content (AvgIpc) is 2.81. The highest BCUT2D eigenvalue weighted by atomic mass is 32.2. The highest BCUT2D eigenvalue weighted by molar-refractivity contribution is 7.92. The second kappa shape index (κ2) is 12.5. The van der Waals surface area contributed by atoms with Crippen LogP contribution < -0.4 is 14.4 Å². The summed E-state index contributed by atoms with van der Waals surface area (Å²) < 4.78 is 45.9. The van der Waals surface area contributed by atoms with E-state index < -0.39 is 40.2 Å². The normalized spacial score (nSPS) is 13.0. The number of benzene rings is 2. The molecule has 0 heterocycles. The summed E-state index contributed by atoms with van der Waals surface area (Å²) in [5.74, 6) is -1.01. The molecule has 0 aliphatic carbocycles. The van der Waals surface area contributed by atoms with Crippen molar-refractivity contribution in [1.82, 2.24) is 10.2 Å². The molecule has 0 aliphatic rings. The Hall–Kier alpha value is -3.14. The molecule has 35 heavy (non-hydrogen) atoms. The Bertz CT molecular complexity index is 1110. The maximum atomic E-state index is 14.4. The number of anilines is 1. The minimum absolute atomic E-state index is 0.119. The minimum atomic E-state index is -3.85. The lowest BCUT2D eigenvalue weighted by Crippen LogP contribution is -2.52. The standard InChI is InChI=1S/C25H34FN3O5S/c1-6-18(3)27-25(31)19(4)28(16-20-10-8-9-11-23(20)26)24(30)17-29(35(5,32)33)21-12-14-22(15-13-21)34-7-2/h8-15,18-19H,6-7,16-17H2,1-5H3,(H,27,31)/t18-,19+/m0/s1. The number of nitrogens with one attached hydrogen (secondary N) is 1. The van der Waals surface area contributed by atoms with Crippen LogP contribution in [0.2, 0.25) is 0 Å². The molecule has 2 rings (SSSR count). The van der Waals surface area contributed by atoms with Crippen molar-refractivity contribution in [3.05, 3.63) is 59.9 Å². The van der Waals surface area contributed by atoms with Crippen LogP contribution in [0.15, 0.2) is 48.5 Å². The summed E-state index contributed by atoms with van der Waals surface area (Å²) in [6.45, 7) is 6.83. The molecule has 0 bridgehead atoms. The number of carbonyl (C=O) groups is 2. The van der Waals surface area contributed by atoms with Crippen molar-refractivity contribution in [2.45, 2.75) is 52.7 Å². The van der Waals surface area contributed by atoms with Gasteiger partial charge in [-0.05, 0) is 57.5 Å². The molecule has 8 nitrogen and oxygen atoms in total. The Balaban J connectivity index is 2.38. The van der Waals surface area contributed by atoms with E-state index >= 15 is 0 Å². The average molecular weight is 508 g/mol. The van der Waals surface area contributed by atoms with Gasteiger partial charge in [0.1, 0.15) is 24.2 Å². The molecule has 0 saturated heterocycles. The molecular formula is C25H34FN3O5S. The third-order valence-corrected chi connectivity index (χ3v) is 6.72. The highest BCUT2D eigenvalue weighted by Gasteiger charge is 2.31. The van der Waals surface area contributed by atoms with Crippen LogP contribution in [0.25, 0.3) is 0 Å². The Morgan fingerprint density at radius 1 is 1.06 bits per heavy atom. The largest absolute Gasteiger partial charge is 0.494 e. The van der Waals surface area contributed by atoms with Crippen LogP contribution in [-0.4, -0.2) is 56.6 Å². The summed E-state index contributed by atoms with van der Waals surface area (Å²) in [6, 6.07) is 11.2. The van der Waals surface area contributed by atoms with Gasteiger partial charge in [0, 0.05) is 18.2 Å². The molecule has 0 fully saturated rings. The summed E-state index contributed by atoms with van der Waals surface area (Å²) in [4.78, 5) is 27.5. The smallest absolute Gasteiger partial charge is 0.244 e. The number of amides is 2. The lowest BCUT2D eigenvalue weighted by atomic mass is 10.1. The molecule has 2 amide bonds. The fraction of sp³-hybridized carbons (Fsp3) is 0.440. The Morgan fingerprint density at radius 3 is 2.23 bits per heavy atom. The van der Waals surface area contributed by atoms with Gasteiger partial charge in [-0.2, -0.15) is 0 Å². The quantitative estimate of drug-likeness (QED) is 0.476. The van der Waals surface area contributed by atoms with Crippen LogP contribution in [0.4, 0.5) is 10.1 Å². The van der Waals surface area contributed by atoms with Gasteiger partial charge in [0.05, 0.1) is 18.6 Å². The van der Waals surface area contributed by atoms with Crippen molar-refractivity contribution in [3.8, 4) is 5.75 Å². The van der Waals surface area contributed by atoms with Gasteiger partial charge in [0.25, 0.3) is 0 Å². The molecule has 0 aromatic heterocycles. The molecule has 2 atom stereocenters. The topological polar surface area (TPSA) is 96.0 Å². The predicted molar refractivity (Wildman–Crippen MR) is 134 cm³/mol. The first-order chi connectivity index (χ1) is 16.5. The van der Waals surface area contributed by atoms with Gasteiger partial charge >= 0.3 is 0 Å². The minimum Gasteiger partial charge on any atom is -0.494 e. The zero-order valence-corrected chi connectivity index (χ0v) is 21.6. The Labute approximate surface area is 207 Å². The molecule has 2 aromatic rings. The first kappa shape index (κ1) is 28.1. The number of hydrogen-bond donors (Lipinski definition) is 1. The van der Waals surface area contributed by atoms with Gasteiger partial charge in [0.15, 0.2) is 0 Å². The van der Waals surface area contributed by atoms with E-state index in [9.17, 15) is 22.4 Å². The summed E-state index contributed by atoms with van der Waals surface area (Å²) in [5.41, 5.74) is 0.489. The maximum Gasteiger partial charge on any atom is 0.244 e. The van der Waals surface area contributed by atoms with Crippen LogP contribution in [-0.2, 0) is 26.2 Å². The van der Waals surface area contributed by atoms with Crippen LogP contribution in [0.5, 0.6) is 5.75 Å². The van der Waals surface area contributed by atoms with Crippen molar-refractivity contribution >= 4 is 27.5 Å². The van der Waals surface area contributed by atoms with Crippen molar-refractivity contribution in [1.29, 1.82) is 0 Å². The lowest BCUT2D eigenvalue weighted by molar-refractivity contribution is -0.139. The molecule has 2 aromatic carbocycles. The number of carbonyl (C=O) groups excluding carboxylic acids is 2. The number of ether oxygens (including phenoxy) is 1. The second-order valence-corrected chi connectivity index (χ2v) is 10.2. The SMILES string of the molecule is CCOc1ccc(N(CC(=O)N(Cc2ccccc2F)[C@H](C)C(=O)N[C@@H](C)CC)S(C)(=O)=O)cc1. The van der Waals surface area contributed by atoms with Gasteiger partial charge in [-0.15, -0.1) is 0 Å². The number of nitrogens with zero attached hydrogens (tertiary/aromatic N) is 2. The van der Waals surface area contributed by atoms with Crippen molar-refractivity contribution in [2.24, 2.45) is 0 Å². The van der Waals surface area contributed by atoms with E-state index in [1.54, 1.807) is 30.3 Å². The number of halogens is 1. The molecule has 0 aliphatic heterocycles. The van der Waals surface area contributed by atoms with Crippen LogP contribution >= 0.6 is 0 Å². The van der Waals surface area contributed by atoms with E-state index in [-0.39, 0.29) is 23.8 Å². The lowest BCUT2D eigenvalue weighted by Gasteiger charge is -2.32. The van der Waals surface area contributed by atoms with Gasteiger partial charge in [-0.25, -0.2) is 12.8 Å². The van der Waals surface area contributed by atoms with Crippen molar-refractivity contribution < 1.29 is 27.1 Å². The molecule has 1 N–H and O–H groups in total. The zero-order chi connectivity index (χ0) is 26.2. The maximum absolute atomic E-state index is 14.4. The highest BCUT2D eigenvalue weighted by Crippen LogP contribution is 2.23. The van der Waals surface area contributed by atoms with E-state index in [1.807, 2.05) is 20.8 Å². The van der Waals surface area contributed by atoms with Crippen LogP contribution in [0.1, 0.15) is 39.7 Å². The molecule has 192 valence electrons. The summed E-state index contributed by atoms with van der Waals surface area (Å²) in [6.07, 6.45) is 1.69.